The number of nitro groups is 1. The van der Waals surface area contributed by atoms with Crippen LogP contribution in [0.25, 0.3) is 11.3 Å². The maximum Gasteiger partial charge on any atom is 0.282 e. The summed E-state index contributed by atoms with van der Waals surface area (Å²) >= 11 is 0. The van der Waals surface area contributed by atoms with Gasteiger partial charge in [-0.25, -0.2) is 0 Å². The lowest BCUT2D eigenvalue weighted by atomic mass is 10.1. The third-order valence-corrected chi connectivity index (χ3v) is 2.83. The zero-order valence-electron chi connectivity index (χ0n) is 10.2. The number of hydrogen-bond acceptors (Lipinski definition) is 4. The van der Waals surface area contributed by atoms with Gasteiger partial charge in [0.05, 0.1) is 22.2 Å². The van der Waals surface area contributed by atoms with Crippen LogP contribution in [-0.2, 0) is 6.42 Å². The number of aromatic hydroxyl groups is 1. The van der Waals surface area contributed by atoms with E-state index in [0.717, 1.165) is 11.6 Å². The zero-order chi connectivity index (χ0) is 13.8. The number of hydrogen-bond donors (Lipinski definition) is 3. The molecule has 1 heterocycles. The van der Waals surface area contributed by atoms with Gasteiger partial charge < -0.3 is 15.2 Å². The second-order valence-electron chi connectivity index (χ2n) is 4.21. The Morgan fingerprint density at radius 1 is 1.32 bits per heavy atom. The molecule has 0 spiro atoms. The van der Waals surface area contributed by atoms with E-state index in [4.69, 9.17) is 5.11 Å². The third kappa shape index (κ3) is 2.92. The number of rotatable bonds is 5. The Morgan fingerprint density at radius 2 is 2.11 bits per heavy atom. The maximum atomic E-state index is 11.0. The molecule has 0 aliphatic heterocycles. The number of benzene rings is 1. The molecule has 0 unspecified atom stereocenters. The lowest BCUT2D eigenvalue weighted by Gasteiger charge is -2.01. The van der Waals surface area contributed by atoms with E-state index in [-0.39, 0.29) is 18.0 Å². The van der Waals surface area contributed by atoms with Crippen LogP contribution in [0.4, 0.5) is 5.69 Å². The molecule has 19 heavy (non-hydrogen) atoms. The predicted molar refractivity (Wildman–Crippen MR) is 70.0 cm³/mol. The average Bonchev–Trinajstić information content (AvgIpc) is 2.84. The number of nitro benzene ring substituents is 1. The van der Waals surface area contributed by atoms with E-state index in [1.165, 1.54) is 12.1 Å². The Hall–Kier alpha value is -2.34. The highest BCUT2D eigenvalue weighted by Crippen LogP contribution is 2.32. The molecule has 0 amide bonds. The molecule has 1 aromatic carbocycles. The van der Waals surface area contributed by atoms with E-state index in [1.54, 1.807) is 6.20 Å². The van der Waals surface area contributed by atoms with Gasteiger partial charge in [0, 0.05) is 12.8 Å². The predicted octanol–water partition coefficient (Wildman–Crippen LogP) is 2.22. The minimum absolute atomic E-state index is 0.111. The Morgan fingerprint density at radius 3 is 2.79 bits per heavy atom. The summed E-state index contributed by atoms with van der Waals surface area (Å²) < 4.78 is 0. The van der Waals surface area contributed by atoms with Crippen LogP contribution in [0.1, 0.15) is 12.0 Å². The van der Waals surface area contributed by atoms with Crippen molar-refractivity contribution >= 4 is 5.69 Å². The molecule has 3 N–H and O–H groups in total. The highest BCUT2D eigenvalue weighted by Gasteiger charge is 2.17. The topological polar surface area (TPSA) is 99.4 Å². The molecular formula is C13H14N2O4. The smallest absolute Gasteiger partial charge is 0.282 e. The van der Waals surface area contributed by atoms with Crippen molar-refractivity contribution in [3.63, 3.8) is 0 Å². The molecule has 2 rings (SSSR count). The van der Waals surface area contributed by atoms with Crippen molar-refractivity contribution in [3.05, 3.63) is 46.1 Å². The SMILES string of the molecule is O=[N+]([O-])c1cc(O)ccc1-c1cc(CCCO)c[nH]1. The molecule has 0 saturated heterocycles. The van der Waals surface area contributed by atoms with Gasteiger partial charge in [0.2, 0.25) is 0 Å². The normalized spacial score (nSPS) is 10.6. The summed E-state index contributed by atoms with van der Waals surface area (Å²) in [6.45, 7) is 0.111. The van der Waals surface area contributed by atoms with Crippen molar-refractivity contribution in [3.8, 4) is 17.0 Å². The molecule has 6 heteroatoms. The summed E-state index contributed by atoms with van der Waals surface area (Å²) in [4.78, 5) is 13.4. The van der Waals surface area contributed by atoms with Gasteiger partial charge in [0.25, 0.3) is 5.69 Å². The largest absolute Gasteiger partial charge is 0.508 e. The van der Waals surface area contributed by atoms with Crippen LogP contribution in [0.2, 0.25) is 0 Å². The number of phenolic OH excluding ortho intramolecular Hbond substituents is 1. The number of aryl methyl sites for hydroxylation is 1. The van der Waals surface area contributed by atoms with Crippen molar-refractivity contribution in [2.45, 2.75) is 12.8 Å². The summed E-state index contributed by atoms with van der Waals surface area (Å²) in [6, 6.07) is 5.87. The van der Waals surface area contributed by atoms with Gasteiger partial charge in [-0.2, -0.15) is 0 Å². The number of nitrogens with one attached hydrogen (secondary N) is 1. The second kappa shape index (κ2) is 5.53. The second-order valence-corrected chi connectivity index (χ2v) is 4.21. The number of H-pyrrole nitrogens is 1. The molecule has 1 aromatic heterocycles. The molecule has 2 aromatic rings. The molecule has 0 aliphatic rings. The first-order chi connectivity index (χ1) is 9.11. The third-order valence-electron chi connectivity index (χ3n) is 2.83. The summed E-state index contributed by atoms with van der Waals surface area (Å²) in [5, 5.41) is 29.1. The maximum absolute atomic E-state index is 11.0. The fourth-order valence-electron chi connectivity index (χ4n) is 1.92. The molecule has 0 bridgehead atoms. The Bertz CT molecular complexity index is 592. The number of nitrogens with zero attached hydrogens (tertiary/aromatic N) is 1. The van der Waals surface area contributed by atoms with E-state index < -0.39 is 4.92 Å². The first-order valence-corrected chi connectivity index (χ1v) is 5.87. The molecule has 0 saturated carbocycles. The number of aliphatic hydroxyl groups excluding tert-OH is 1. The van der Waals surface area contributed by atoms with Crippen LogP contribution >= 0.6 is 0 Å². The van der Waals surface area contributed by atoms with Crippen molar-refractivity contribution in [1.82, 2.24) is 4.98 Å². The van der Waals surface area contributed by atoms with Gasteiger partial charge >= 0.3 is 0 Å². The Kier molecular flexibility index (Phi) is 3.82. The van der Waals surface area contributed by atoms with Crippen LogP contribution in [0.15, 0.2) is 30.5 Å². The molecule has 0 atom stereocenters. The van der Waals surface area contributed by atoms with Crippen LogP contribution in [-0.4, -0.2) is 26.7 Å². The molecule has 6 nitrogen and oxygen atoms in total. The summed E-state index contributed by atoms with van der Waals surface area (Å²) in [7, 11) is 0. The van der Waals surface area contributed by atoms with Gasteiger partial charge in [-0.1, -0.05) is 0 Å². The molecule has 0 fully saturated rings. The molecule has 0 aliphatic carbocycles. The van der Waals surface area contributed by atoms with Crippen LogP contribution < -0.4 is 0 Å². The zero-order valence-corrected chi connectivity index (χ0v) is 10.2. The number of phenols is 1. The van der Waals surface area contributed by atoms with Crippen LogP contribution in [0.3, 0.4) is 0 Å². The molecule has 0 radical (unpaired) electrons. The van der Waals surface area contributed by atoms with E-state index in [2.05, 4.69) is 4.98 Å². The summed E-state index contributed by atoms with van der Waals surface area (Å²) in [5.41, 5.74) is 1.89. The quantitative estimate of drug-likeness (QED) is 0.568. The Labute approximate surface area is 109 Å². The van der Waals surface area contributed by atoms with Crippen LogP contribution in [0.5, 0.6) is 5.75 Å². The van der Waals surface area contributed by atoms with Crippen molar-refractivity contribution in [2.75, 3.05) is 6.61 Å². The first kappa shape index (κ1) is 13.1. The minimum atomic E-state index is -0.525. The summed E-state index contributed by atoms with van der Waals surface area (Å²) in [6.07, 6.45) is 3.12. The van der Waals surface area contributed by atoms with Crippen molar-refractivity contribution in [2.24, 2.45) is 0 Å². The van der Waals surface area contributed by atoms with Crippen LogP contribution in [0, 0.1) is 10.1 Å². The van der Waals surface area contributed by atoms with E-state index >= 15 is 0 Å². The van der Waals surface area contributed by atoms with E-state index in [1.807, 2.05) is 6.07 Å². The Balaban J connectivity index is 2.36. The fraction of sp³-hybridized carbons (Fsp3) is 0.231. The minimum Gasteiger partial charge on any atom is -0.508 e. The summed E-state index contributed by atoms with van der Waals surface area (Å²) in [5.74, 6) is -0.137. The molecule has 100 valence electrons. The first-order valence-electron chi connectivity index (χ1n) is 5.87. The standard InChI is InChI=1S/C13H14N2O4/c16-5-1-2-9-6-12(14-8-9)11-4-3-10(17)7-13(11)15(18)19/h3-4,6-8,14,16-17H,1-2,5H2. The number of aromatic amines is 1. The highest BCUT2D eigenvalue weighted by atomic mass is 16.6. The number of aromatic nitrogens is 1. The fourth-order valence-corrected chi connectivity index (χ4v) is 1.92. The van der Waals surface area contributed by atoms with Crippen molar-refractivity contribution < 1.29 is 15.1 Å². The van der Waals surface area contributed by atoms with Gasteiger partial charge in [-0.05, 0) is 36.6 Å². The average molecular weight is 262 g/mol. The molecular weight excluding hydrogens is 248 g/mol. The van der Waals surface area contributed by atoms with Gasteiger partial charge in [0.1, 0.15) is 5.75 Å². The van der Waals surface area contributed by atoms with Crippen molar-refractivity contribution in [1.29, 1.82) is 0 Å². The highest BCUT2D eigenvalue weighted by molar-refractivity contribution is 5.72. The van der Waals surface area contributed by atoms with Gasteiger partial charge in [-0.3, -0.25) is 10.1 Å². The van der Waals surface area contributed by atoms with E-state index in [0.29, 0.717) is 24.1 Å². The monoisotopic (exact) mass is 262 g/mol. The lowest BCUT2D eigenvalue weighted by Crippen LogP contribution is -1.91. The van der Waals surface area contributed by atoms with E-state index in [9.17, 15) is 15.2 Å². The number of aliphatic hydroxyl groups is 1. The lowest BCUT2D eigenvalue weighted by molar-refractivity contribution is -0.384. The van der Waals surface area contributed by atoms with Gasteiger partial charge in [-0.15, -0.1) is 0 Å². The van der Waals surface area contributed by atoms with Gasteiger partial charge in [0.15, 0.2) is 0 Å².